The molecule has 4 heteroatoms. The number of amidine groups is 1. The van der Waals surface area contributed by atoms with Crippen LogP contribution in [0.25, 0.3) is 0 Å². The molecule has 0 aliphatic rings. The highest BCUT2D eigenvalue weighted by Crippen LogP contribution is 2.19. The van der Waals surface area contributed by atoms with E-state index in [1.54, 1.807) is 0 Å². The van der Waals surface area contributed by atoms with Gasteiger partial charge in [-0.2, -0.15) is 0 Å². The Kier molecular flexibility index (Phi) is 28.3. The Balaban J connectivity index is 1.73. The molecule has 0 saturated heterocycles. The predicted octanol–water partition coefficient (Wildman–Crippen LogP) is 15.0. The fourth-order valence-corrected chi connectivity index (χ4v) is 7.47. The van der Waals surface area contributed by atoms with Crippen LogP contribution in [0.4, 0.5) is 11.4 Å². The maximum absolute atomic E-state index is 8.79. The normalized spacial score (nSPS) is 11.4. The third-order valence-corrected chi connectivity index (χ3v) is 10.9. The molecule has 4 nitrogen and oxygen atoms in total. The van der Waals surface area contributed by atoms with Gasteiger partial charge in [-0.1, -0.05) is 199 Å². The summed E-state index contributed by atoms with van der Waals surface area (Å²) in [5.74, 6) is 0.463. The van der Waals surface area contributed by atoms with Crippen LogP contribution >= 0.6 is 0 Å². The molecule has 296 valence electrons. The van der Waals surface area contributed by atoms with Crippen molar-refractivity contribution in [1.29, 1.82) is 5.41 Å². The Labute approximate surface area is 323 Å². The highest BCUT2D eigenvalue weighted by molar-refractivity contribution is 6.06. The van der Waals surface area contributed by atoms with Gasteiger partial charge in [0.2, 0.25) is 0 Å². The molecule has 0 aliphatic carbocycles. The minimum atomic E-state index is 0.463. The molecule has 0 bridgehead atoms. The maximum Gasteiger partial charge on any atom is 0.129 e. The van der Waals surface area contributed by atoms with Crippen molar-refractivity contribution >= 4 is 17.2 Å². The molecule has 0 spiro atoms. The number of rotatable bonds is 35. The van der Waals surface area contributed by atoms with Crippen molar-refractivity contribution in [3.05, 3.63) is 59.7 Å². The zero-order chi connectivity index (χ0) is 37.3. The summed E-state index contributed by atoms with van der Waals surface area (Å²) >= 11 is 0. The molecule has 2 rings (SSSR count). The van der Waals surface area contributed by atoms with Crippen LogP contribution in [-0.4, -0.2) is 37.9 Å². The lowest BCUT2D eigenvalue weighted by Gasteiger charge is -2.23. The number of nitrogens with one attached hydrogen (secondary N) is 2. The summed E-state index contributed by atoms with van der Waals surface area (Å²) in [6.45, 7) is 7.97. The number of hydrogen-bond acceptors (Lipinski definition) is 3. The number of unbranched alkanes of at least 4 members (excludes halogenated alkanes) is 26. The van der Waals surface area contributed by atoms with E-state index in [2.05, 4.69) is 91.6 Å². The largest absolute Gasteiger partial charge is 0.378 e. The number of anilines is 2. The quantitative estimate of drug-likeness (QED) is 0.0424. The second-order valence-electron chi connectivity index (χ2n) is 16.1. The Bertz CT molecular complexity index is 1060. The van der Waals surface area contributed by atoms with Crippen LogP contribution in [-0.2, 0) is 6.54 Å². The van der Waals surface area contributed by atoms with Gasteiger partial charge in [0, 0.05) is 37.6 Å². The van der Waals surface area contributed by atoms with Gasteiger partial charge < -0.3 is 10.2 Å². The molecule has 2 aromatic rings. The summed E-state index contributed by atoms with van der Waals surface area (Å²) < 4.78 is 0. The van der Waals surface area contributed by atoms with E-state index in [0.29, 0.717) is 5.84 Å². The second-order valence-corrected chi connectivity index (χ2v) is 16.1. The van der Waals surface area contributed by atoms with E-state index < -0.39 is 0 Å². The molecular formula is C48H84N4. The molecule has 0 fully saturated rings. The lowest BCUT2D eigenvalue weighted by Crippen LogP contribution is -2.26. The van der Waals surface area contributed by atoms with Gasteiger partial charge in [-0.25, -0.2) is 0 Å². The first-order chi connectivity index (χ1) is 25.5. The average Bonchev–Trinajstić information content (AvgIpc) is 3.15. The third-order valence-electron chi connectivity index (χ3n) is 10.9. The molecule has 0 aliphatic heterocycles. The molecule has 0 heterocycles. The molecule has 0 unspecified atom stereocenters. The summed E-state index contributed by atoms with van der Waals surface area (Å²) in [5.41, 5.74) is 4.40. The van der Waals surface area contributed by atoms with E-state index in [1.165, 1.54) is 198 Å². The Hall–Kier alpha value is -2.33. The van der Waals surface area contributed by atoms with Gasteiger partial charge in [0.15, 0.2) is 0 Å². The van der Waals surface area contributed by atoms with Crippen LogP contribution in [0.1, 0.15) is 205 Å². The highest BCUT2D eigenvalue weighted by atomic mass is 15.1. The van der Waals surface area contributed by atoms with Gasteiger partial charge in [0.05, 0.1) is 0 Å². The molecule has 0 aromatic heterocycles. The van der Waals surface area contributed by atoms with Gasteiger partial charge in [0.25, 0.3) is 0 Å². The standard InChI is InChI=1S/C48H84N4/c1-5-7-9-11-13-15-17-19-21-23-25-27-29-31-40-52(41-32-30-28-26-24-22-20-18-16-14-12-10-8-6-2)43-44-34-33-35-45(42-44)48(49)50-46-36-38-47(39-37-46)51(3)4/h33-39,42H,5-32,40-41,43H2,1-4H3,(H2,49,50). The fraction of sp³-hybridized carbons (Fsp3) is 0.729. The van der Waals surface area contributed by atoms with E-state index in [9.17, 15) is 0 Å². The third kappa shape index (κ3) is 24.1. The van der Waals surface area contributed by atoms with E-state index in [-0.39, 0.29) is 0 Å². The fourth-order valence-electron chi connectivity index (χ4n) is 7.47. The van der Waals surface area contributed by atoms with Crippen molar-refractivity contribution in [2.75, 3.05) is 37.4 Å². The van der Waals surface area contributed by atoms with Gasteiger partial charge in [0.1, 0.15) is 5.84 Å². The van der Waals surface area contributed by atoms with Crippen LogP contribution in [0, 0.1) is 5.41 Å². The molecule has 0 radical (unpaired) electrons. The maximum atomic E-state index is 8.79. The van der Waals surface area contributed by atoms with Crippen LogP contribution in [0.5, 0.6) is 0 Å². The summed E-state index contributed by atoms with van der Waals surface area (Å²) in [6.07, 6.45) is 39.5. The van der Waals surface area contributed by atoms with Crippen molar-refractivity contribution < 1.29 is 0 Å². The first-order valence-corrected chi connectivity index (χ1v) is 22.5. The monoisotopic (exact) mass is 717 g/mol. The molecule has 2 aromatic carbocycles. The zero-order valence-electron chi connectivity index (χ0n) is 34.9. The smallest absolute Gasteiger partial charge is 0.129 e. The van der Waals surface area contributed by atoms with Crippen molar-refractivity contribution in [3.8, 4) is 0 Å². The van der Waals surface area contributed by atoms with E-state index >= 15 is 0 Å². The van der Waals surface area contributed by atoms with Crippen molar-refractivity contribution in [1.82, 2.24) is 4.90 Å². The first-order valence-electron chi connectivity index (χ1n) is 22.5. The van der Waals surface area contributed by atoms with Gasteiger partial charge in [-0.15, -0.1) is 0 Å². The van der Waals surface area contributed by atoms with E-state index in [4.69, 9.17) is 5.41 Å². The molecule has 0 amide bonds. The predicted molar refractivity (Wildman–Crippen MR) is 234 cm³/mol. The zero-order valence-corrected chi connectivity index (χ0v) is 34.9. The highest BCUT2D eigenvalue weighted by Gasteiger charge is 2.09. The molecule has 52 heavy (non-hydrogen) atoms. The summed E-state index contributed by atoms with van der Waals surface area (Å²) in [5, 5.41) is 12.1. The minimum Gasteiger partial charge on any atom is -0.378 e. The van der Waals surface area contributed by atoms with Crippen LogP contribution in [0.2, 0.25) is 0 Å². The SMILES string of the molecule is CCCCCCCCCCCCCCCCN(CCCCCCCCCCCCCCCC)Cc1cccc(C(=N)Nc2ccc(N(C)C)cc2)c1. The average molecular weight is 717 g/mol. The number of benzene rings is 2. The summed E-state index contributed by atoms with van der Waals surface area (Å²) in [7, 11) is 4.11. The van der Waals surface area contributed by atoms with E-state index in [0.717, 1.165) is 23.5 Å². The van der Waals surface area contributed by atoms with Crippen molar-refractivity contribution in [2.45, 2.75) is 200 Å². The lowest BCUT2D eigenvalue weighted by molar-refractivity contribution is 0.252. The van der Waals surface area contributed by atoms with Crippen LogP contribution < -0.4 is 10.2 Å². The molecular weight excluding hydrogens is 633 g/mol. The summed E-state index contributed by atoms with van der Waals surface area (Å²) in [4.78, 5) is 4.80. The van der Waals surface area contributed by atoms with Gasteiger partial charge >= 0.3 is 0 Å². The van der Waals surface area contributed by atoms with Crippen LogP contribution in [0.15, 0.2) is 48.5 Å². The Morgan fingerprint density at radius 2 is 0.885 bits per heavy atom. The minimum absolute atomic E-state index is 0.463. The lowest BCUT2D eigenvalue weighted by atomic mass is 10.0. The van der Waals surface area contributed by atoms with Crippen molar-refractivity contribution in [3.63, 3.8) is 0 Å². The Morgan fingerprint density at radius 1 is 0.500 bits per heavy atom. The number of nitrogens with zero attached hydrogens (tertiary/aromatic N) is 2. The summed E-state index contributed by atoms with van der Waals surface area (Å²) in [6, 6.07) is 17.0. The van der Waals surface area contributed by atoms with Gasteiger partial charge in [-0.05, 0) is 61.8 Å². The second kappa shape index (κ2) is 32.1. The molecule has 2 N–H and O–H groups in total. The van der Waals surface area contributed by atoms with Gasteiger partial charge in [-0.3, -0.25) is 10.3 Å². The topological polar surface area (TPSA) is 42.4 Å². The molecule has 0 saturated carbocycles. The van der Waals surface area contributed by atoms with E-state index in [1.807, 2.05) is 0 Å². The molecule has 0 atom stereocenters. The first kappa shape index (κ1) is 45.8. The Morgan fingerprint density at radius 3 is 1.27 bits per heavy atom. The van der Waals surface area contributed by atoms with Crippen LogP contribution in [0.3, 0.4) is 0 Å². The number of hydrogen-bond donors (Lipinski definition) is 2. The van der Waals surface area contributed by atoms with Crippen molar-refractivity contribution in [2.24, 2.45) is 0 Å².